The van der Waals surface area contributed by atoms with Gasteiger partial charge in [0.05, 0.1) is 18.1 Å². The van der Waals surface area contributed by atoms with Gasteiger partial charge >= 0.3 is 0 Å². The number of methoxy groups -OCH3 is 1. The van der Waals surface area contributed by atoms with Crippen molar-refractivity contribution in [3.05, 3.63) is 33.6 Å². The van der Waals surface area contributed by atoms with E-state index in [1.54, 1.807) is 0 Å². The van der Waals surface area contributed by atoms with Crippen LogP contribution in [0.15, 0.2) is 12.1 Å². The molecule has 1 rings (SSSR count). The average molecular weight is 215 g/mol. The van der Waals surface area contributed by atoms with E-state index in [1.807, 2.05) is 13.8 Å². The first-order valence-corrected chi connectivity index (χ1v) is 4.54. The Kier molecular flexibility index (Phi) is 5.30. The third-order valence-electron chi connectivity index (χ3n) is 1.67. The number of ether oxygens (including phenoxy) is 1. The Balaban J connectivity index is 0.000000921. The van der Waals surface area contributed by atoms with E-state index in [1.165, 1.54) is 14.0 Å². The normalized spacial score (nSPS) is 8.87. The van der Waals surface area contributed by atoms with E-state index in [4.69, 9.17) is 0 Å². The Morgan fingerprint density at radius 2 is 1.93 bits per heavy atom. The van der Waals surface area contributed by atoms with Crippen LogP contribution in [-0.4, -0.2) is 12.0 Å². The lowest BCUT2D eigenvalue weighted by molar-refractivity contribution is -0.385. The van der Waals surface area contributed by atoms with Crippen LogP contribution in [0.5, 0.6) is 5.75 Å². The molecule has 0 aromatic heterocycles. The fraction of sp³-hybridized carbons (Fsp3) is 0.400. The van der Waals surface area contributed by atoms with Crippen LogP contribution in [0, 0.1) is 22.9 Å². The minimum Gasteiger partial charge on any atom is -0.493 e. The number of hydrogen-bond acceptors (Lipinski definition) is 3. The lowest BCUT2D eigenvalue weighted by Gasteiger charge is -2.02. The lowest BCUT2D eigenvalue weighted by atomic mass is 10.2. The van der Waals surface area contributed by atoms with Gasteiger partial charge in [-0.2, -0.15) is 0 Å². The van der Waals surface area contributed by atoms with E-state index in [9.17, 15) is 14.5 Å². The Morgan fingerprint density at radius 1 is 1.40 bits per heavy atom. The molecule has 0 aliphatic heterocycles. The van der Waals surface area contributed by atoms with Gasteiger partial charge in [0.25, 0.3) is 5.69 Å². The molecule has 84 valence electrons. The Bertz CT molecular complexity index is 353. The molecule has 0 radical (unpaired) electrons. The van der Waals surface area contributed by atoms with Gasteiger partial charge in [0.2, 0.25) is 0 Å². The third kappa shape index (κ3) is 3.19. The van der Waals surface area contributed by atoms with Crippen LogP contribution in [-0.2, 0) is 0 Å². The average Bonchev–Trinajstić information content (AvgIpc) is 2.20. The molecule has 0 bridgehead atoms. The summed E-state index contributed by atoms with van der Waals surface area (Å²) in [5.74, 6) is -0.706. The van der Waals surface area contributed by atoms with Crippen LogP contribution in [0.3, 0.4) is 0 Å². The summed E-state index contributed by atoms with van der Waals surface area (Å²) in [6, 6.07) is 2.15. The van der Waals surface area contributed by atoms with E-state index in [0.717, 1.165) is 12.1 Å². The molecular weight excluding hydrogens is 201 g/mol. The van der Waals surface area contributed by atoms with Crippen LogP contribution < -0.4 is 4.74 Å². The summed E-state index contributed by atoms with van der Waals surface area (Å²) in [6.07, 6.45) is 0. The molecule has 0 spiro atoms. The van der Waals surface area contributed by atoms with Crippen molar-refractivity contribution in [1.82, 2.24) is 0 Å². The highest BCUT2D eigenvalue weighted by Gasteiger charge is 2.15. The molecule has 15 heavy (non-hydrogen) atoms. The predicted octanol–water partition coefficient (Wildman–Crippen LogP) is 3.08. The minimum atomic E-state index is -0.592. The van der Waals surface area contributed by atoms with Gasteiger partial charge in [-0.25, -0.2) is 4.39 Å². The number of hydrogen-bond donors (Lipinski definition) is 0. The summed E-state index contributed by atoms with van der Waals surface area (Å²) in [5, 5.41) is 10.4. The Hall–Kier alpha value is -1.65. The maximum absolute atomic E-state index is 12.9. The van der Waals surface area contributed by atoms with Crippen molar-refractivity contribution in [2.75, 3.05) is 7.11 Å². The van der Waals surface area contributed by atoms with Crippen molar-refractivity contribution >= 4 is 5.69 Å². The first-order valence-electron chi connectivity index (χ1n) is 4.54. The molecule has 0 saturated heterocycles. The fourth-order valence-electron chi connectivity index (χ4n) is 0.995. The number of rotatable bonds is 2. The summed E-state index contributed by atoms with van der Waals surface area (Å²) in [4.78, 5) is 9.86. The minimum absolute atomic E-state index is 0.114. The first kappa shape index (κ1) is 13.4. The van der Waals surface area contributed by atoms with E-state index >= 15 is 0 Å². The topological polar surface area (TPSA) is 52.4 Å². The number of halogens is 1. The monoisotopic (exact) mass is 215 g/mol. The van der Waals surface area contributed by atoms with Gasteiger partial charge in [0.15, 0.2) is 11.6 Å². The van der Waals surface area contributed by atoms with E-state index < -0.39 is 10.7 Å². The van der Waals surface area contributed by atoms with Gasteiger partial charge < -0.3 is 4.74 Å². The molecule has 0 fully saturated rings. The molecule has 0 aliphatic rings. The molecule has 1 aromatic carbocycles. The van der Waals surface area contributed by atoms with Crippen molar-refractivity contribution in [3.63, 3.8) is 0 Å². The number of nitrogens with zero attached hydrogens (tertiary/aromatic N) is 1. The van der Waals surface area contributed by atoms with Crippen LogP contribution in [0.25, 0.3) is 0 Å². The molecule has 0 unspecified atom stereocenters. The molecular formula is C10H14FNO3. The number of nitro groups is 1. The van der Waals surface area contributed by atoms with Crippen LogP contribution in [0.4, 0.5) is 10.1 Å². The third-order valence-corrected chi connectivity index (χ3v) is 1.67. The highest BCUT2D eigenvalue weighted by molar-refractivity contribution is 5.46. The summed E-state index contributed by atoms with van der Waals surface area (Å²) >= 11 is 0. The van der Waals surface area contributed by atoms with Crippen LogP contribution >= 0.6 is 0 Å². The molecule has 1 aromatic rings. The van der Waals surface area contributed by atoms with E-state index in [2.05, 4.69) is 4.74 Å². The zero-order valence-electron chi connectivity index (χ0n) is 9.20. The summed E-state index contributed by atoms with van der Waals surface area (Å²) in [7, 11) is 1.26. The zero-order valence-corrected chi connectivity index (χ0v) is 9.20. The first-order chi connectivity index (χ1) is 7.06. The Morgan fingerprint density at radius 3 is 2.33 bits per heavy atom. The van der Waals surface area contributed by atoms with Crippen molar-refractivity contribution in [3.8, 4) is 5.75 Å². The van der Waals surface area contributed by atoms with Crippen LogP contribution in [0.1, 0.15) is 19.4 Å². The van der Waals surface area contributed by atoms with Gasteiger partial charge in [0, 0.05) is 5.56 Å². The predicted molar refractivity (Wildman–Crippen MR) is 55.7 cm³/mol. The van der Waals surface area contributed by atoms with E-state index in [0.29, 0.717) is 0 Å². The van der Waals surface area contributed by atoms with Crippen molar-refractivity contribution in [2.24, 2.45) is 0 Å². The van der Waals surface area contributed by atoms with Crippen LogP contribution in [0.2, 0.25) is 0 Å². The second-order valence-electron chi connectivity index (χ2n) is 2.53. The molecule has 5 heteroatoms. The van der Waals surface area contributed by atoms with Crippen molar-refractivity contribution in [1.29, 1.82) is 0 Å². The van der Waals surface area contributed by atoms with E-state index in [-0.39, 0.29) is 17.0 Å². The zero-order chi connectivity index (χ0) is 12.0. The van der Waals surface area contributed by atoms with Crippen molar-refractivity contribution < 1.29 is 14.1 Å². The molecule has 4 nitrogen and oxygen atoms in total. The smallest absolute Gasteiger partial charge is 0.276 e. The molecule has 0 aliphatic carbocycles. The number of nitro benzene ring substituents is 1. The SMILES string of the molecule is CC.COc1cc([N+](=O)[O-])c(C)cc1F. The van der Waals surface area contributed by atoms with Gasteiger partial charge in [-0.15, -0.1) is 0 Å². The molecule has 0 atom stereocenters. The summed E-state index contributed by atoms with van der Waals surface area (Å²) in [5.41, 5.74) is 0.140. The molecule has 0 N–H and O–H groups in total. The van der Waals surface area contributed by atoms with Gasteiger partial charge in [-0.05, 0) is 13.0 Å². The highest BCUT2D eigenvalue weighted by atomic mass is 19.1. The largest absolute Gasteiger partial charge is 0.493 e. The van der Waals surface area contributed by atoms with Gasteiger partial charge in [-0.1, -0.05) is 13.8 Å². The second kappa shape index (κ2) is 5.95. The molecule has 0 saturated carbocycles. The Labute approximate surface area is 87.8 Å². The quantitative estimate of drug-likeness (QED) is 0.562. The maximum Gasteiger partial charge on any atom is 0.276 e. The standard InChI is InChI=1S/C8H8FNO3.C2H6/c1-5-3-6(9)8(13-2)4-7(5)10(11)12;1-2/h3-4H,1-2H3;1-2H3. The summed E-state index contributed by atoms with van der Waals surface area (Å²) in [6.45, 7) is 5.47. The highest BCUT2D eigenvalue weighted by Crippen LogP contribution is 2.26. The van der Waals surface area contributed by atoms with Gasteiger partial charge in [-0.3, -0.25) is 10.1 Å². The van der Waals surface area contributed by atoms with Crippen molar-refractivity contribution in [2.45, 2.75) is 20.8 Å². The van der Waals surface area contributed by atoms with Gasteiger partial charge in [0.1, 0.15) is 0 Å². The second-order valence-corrected chi connectivity index (χ2v) is 2.53. The number of aryl methyl sites for hydroxylation is 1. The fourth-order valence-corrected chi connectivity index (χ4v) is 0.995. The summed E-state index contributed by atoms with van der Waals surface area (Å²) < 4.78 is 17.6. The lowest BCUT2D eigenvalue weighted by Crippen LogP contribution is -1.95. The number of benzene rings is 1. The molecule has 0 heterocycles. The maximum atomic E-state index is 12.9. The molecule has 0 amide bonds.